The minimum atomic E-state index is -0.327. The largest absolute Gasteiger partial charge is 0.332 e. The van der Waals surface area contributed by atoms with Crippen LogP contribution in [0.15, 0.2) is 24.3 Å². The lowest BCUT2D eigenvalue weighted by atomic mass is 9.88. The summed E-state index contributed by atoms with van der Waals surface area (Å²) in [6.07, 6.45) is 3.03. The number of nitrogens with zero attached hydrogens (tertiary/aromatic N) is 1. The van der Waals surface area contributed by atoms with Crippen molar-refractivity contribution in [1.29, 1.82) is 0 Å². The highest BCUT2D eigenvalue weighted by molar-refractivity contribution is 5.94. The average Bonchev–Trinajstić information content (AvgIpc) is 2.39. The Morgan fingerprint density at radius 1 is 1.39 bits per heavy atom. The zero-order valence-corrected chi connectivity index (χ0v) is 10.7. The Morgan fingerprint density at radius 3 is 2.67 bits per heavy atom. The molecule has 0 saturated carbocycles. The molecule has 0 spiro atoms. The third-order valence-electron chi connectivity index (χ3n) is 3.77. The number of halogens is 1. The number of carbonyl (C=O) groups excluding carboxylic acids is 1. The minimum Gasteiger partial charge on any atom is -0.332 e. The van der Waals surface area contributed by atoms with Crippen molar-refractivity contribution >= 4 is 5.91 Å². The summed E-state index contributed by atoms with van der Waals surface area (Å²) in [5.74, 6) is -0.380. The predicted molar refractivity (Wildman–Crippen MR) is 68.7 cm³/mol. The minimum absolute atomic E-state index is 0.0531. The van der Waals surface area contributed by atoms with E-state index in [0.717, 1.165) is 25.8 Å². The summed E-state index contributed by atoms with van der Waals surface area (Å²) in [5.41, 5.74) is 6.07. The first-order valence-corrected chi connectivity index (χ1v) is 6.34. The fourth-order valence-electron chi connectivity index (χ4n) is 2.49. The van der Waals surface area contributed by atoms with Gasteiger partial charge >= 0.3 is 0 Å². The lowest BCUT2D eigenvalue weighted by molar-refractivity contribution is 0.0403. The van der Waals surface area contributed by atoms with Crippen LogP contribution in [0.5, 0.6) is 0 Å². The maximum atomic E-state index is 12.9. The van der Waals surface area contributed by atoms with Crippen LogP contribution in [0.25, 0.3) is 0 Å². The van der Waals surface area contributed by atoms with Crippen LogP contribution in [0.4, 0.5) is 4.39 Å². The molecule has 1 aliphatic heterocycles. The van der Waals surface area contributed by atoms with Crippen LogP contribution < -0.4 is 5.73 Å². The van der Waals surface area contributed by atoms with Gasteiger partial charge in [-0.1, -0.05) is 0 Å². The molecule has 1 aromatic rings. The van der Waals surface area contributed by atoms with Crippen molar-refractivity contribution < 1.29 is 9.18 Å². The Morgan fingerprint density at radius 2 is 2.06 bits per heavy atom. The fraction of sp³-hybridized carbons (Fsp3) is 0.500. The summed E-state index contributed by atoms with van der Waals surface area (Å²) in [6, 6.07) is 5.69. The molecule has 2 rings (SSSR count). The maximum absolute atomic E-state index is 12.9. The molecule has 1 saturated heterocycles. The molecular weight excluding hydrogens is 231 g/mol. The van der Waals surface area contributed by atoms with Gasteiger partial charge in [0.05, 0.1) is 5.54 Å². The van der Waals surface area contributed by atoms with Gasteiger partial charge in [0.25, 0.3) is 5.91 Å². The molecule has 3 nitrogen and oxygen atoms in total. The SMILES string of the molecule is CC1(CN)CCCCN1C(=O)c1ccc(F)cc1. The highest BCUT2D eigenvalue weighted by Gasteiger charge is 2.36. The summed E-state index contributed by atoms with van der Waals surface area (Å²) in [4.78, 5) is 14.3. The molecule has 4 heteroatoms. The van der Waals surface area contributed by atoms with Gasteiger partial charge in [-0.3, -0.25) is 4.79 Å². The molecule has 1 aromatic carbocycles. The molecule has 0 aromatic heterocycles. The van der Waals surface area contributed by atoms with Gasteiger partial charge in [0, 0.05) is 18.7 Å². The first-order chi connectivity index (χ1) is 8.57. The van der Waals surface area contributed by atoms with Gasteiger partial charge in [-0.2, -0.15) is 0 Å². The molecular formula is C14H19FN2O. The van der Waals surface area contributed by atoms with Crippen LogP contribution >= 0.6 is 0 Å². The molecule has 18 heavy (non-hydrogen) atoms. The van der Waals surface area contributed by atoms with E-state index in [9.17, 15) is 9.18 Å². The number of hydrogen-bond donors (Lipinski definition) is 1. The van der Waals surface area contributed by atoms with Crippen molar-refractivity contribution in [2.24, 2.45) is 5.73 Å². The van der Waals surface area contributed by atoms with E-state index in [1.165, 1.54) is 24.3 Å². The van der Waals surface area contributed by atoms with E-state index in [1.807, 2.05) is 11.8 Å². The van der Waals surface area contributed by atoms with Crippen molar-refractivity contribution in [3.63, 3.8) is 0 Å². The zero-order chi connectivity index (χ0) is 13.2. The summed E-state index contributed by atoms with van der Waals surface area (Å²) in [7, 11) is 0. The monoisotopic (exact) mass is 250 g/mol. The van der Waals surface area contributed by atoms with Gasteiger partial charge < -0.3 is 10.6 Å². The zero-order valence-electron chi connectivity index (χ0n) is 10.7. The van der Waals surface area contributed by atoms with Gasteiger partial charge in [-0.25, -0.2) is 4.39 Å². The lowest BCUT2D eigenvalue weighted by Crippen LogP contribution is -2.56. The lowest BCUT2D eigenvalue weighted by Gasteiger charge is -2.44. The normalized spacial score (nSPS) is 24.1. The van der Waals surface area contributed by atoms with E-state index in [-0.39, 0.29) is 17.3 Å². The third kappa shape index (κ3) is 2.38. The van der Waals surface area contributed by atoms with Crippen molar-refractivity contribution in [2.75, 3.05) is 13.1 Å². The van der Waals surface area contributed by atoms with Crippen molar-refractivity contribution in [1.82, 2.24) is 4.90 Å². The Hall–Kier alpha value is -1.42. The molecule has 1 atom stereocenters. The topological polar surface area (TPSA) is 46.3 Å². The number of nitrogens with two attached hydrogens (primary N) is 1. The fourth-order valence-corrected chi connectivity index (χ4v) is 2.49. The molecule has 1 heterocycles. The molecule has 1 fully saturated rings. The van der Waals surface area contributed by atoms with Crippen molar-refractivity contribution in [2.45, 2.75) is 31.7 Å². The van der Waals surface area contributed by atoms with E-state index in [2.05, 4.69) is 0 Å². The van der Waals surface area contributed by atoms with Gasteiger partial charge in [-0.15, -0.1) is 0 Å². The van der Waals surface area contributed by atoms with Gasteiger partial charge in [0.15, 0.2) is 0 Å². The maximum Gasteiger partial charge on any atom is 0.254 e. The summed E-state index contributed by atoms with van der Waals surface area (Å²) in [5, 5.41) is 0. The van der Waals surface area contributed by atoms with Crippen LogP contribution in [0.2, 0.25) is 0 Å². The van der Waals surface area contributed by atoms with Crippen LogP contribution in [-0.4, -0.2) is 29.4 Å². The first kappa shape index (κ1) is 13.0. The van der Waals surface area contributed by atoms with E-state index in [0.29, 0.717) is 12.1 Å². The summed E-state index contributed by atoms with van der Waals surface area (Å²) < 4.78 is 12.9. The number of benzene rings is 1. The number of rotatable bonds is 2. The number of amides is 1. The Balaban J connectivity index is 2.23. The molecule has 1 unspecified atom stereocenters. The Kier molecular flexibility index (Phi) is 3.66. The Bertz CT molecular complexity index is 432. The molecule has 2 N–H and O–H groups in total. The van der Waals surface area contributed by atoms with Gasteiger partial charge in [0.1, 0.15) is 5.82 Å². The van der Waals surface area contributed by atoms with Gasteiger partial charge in [0.2, 0.25) is 0 Å². The highest BCUT2D eigenvalue weighted by Crippen LogP contribution is 2.28. The summed E-state index contributed by atoms with van der Waals surface area (Å²) in [6.45, 7) is 3.21. The first-order valence-electron chi connectivity index (χ1n) is 6.34. The predicted octanol–water partition coefficient (Wildman–Crippen LogP) is 2.17. The Labute approximate surface area is 107 Å². The quantitative estimate of drug-likeness (QED) is 0.874. The average molecular weight is 250 g/mol. The van der Waals surface area contributed by atoms with Crippen molar-refractivity contribution in [3.8, 4) is 0 Å². The van der Waals surface area contributed by atoms with Crippen LogP contribution in [-0.2, 0) is 0 Å². The summed E-state index contributed by atoms with van der Waals surface area (Å²) >= 11 is 0. The number of hydrogen-bond acceptors (Lipinski definition) is 2. The molecule has 1 amide bonds. The van der Waals surface area contributed by atoms with Crippen LogP contribution in [0.3, 0.4) is 0 Å². The number of likely N-dealkylation sites (tertiary alicyclic amines) is 1. The van der Waals surface area contributed by atoms with E-state index in [1.54, 1.807) is 0 Å². The van der Waals surface area contributed by atoms with E-state index in [4.69, 9.17) is 5.73 Å². The standard InChI is InChI=1S/C14H19FN2O/c1-14(10-16)8-2-3-9-17(14)13(18)11-4-6-12(15)7-5-11/h4-7H,2-3,8-10,16H2,1H3. The molecule has 0 bridgehead atoms. The molecule has 0 aliphatic carbocycles. The van der Waals surface area contributed by atoms with Crippen LogP contribution in [0, 0.1) is 5.82 Å². The highest BCUT2D eigenvalue weighted by atomic mass is 19.1. The smallest absolute Gasteiger partial charge is 0.254 e. The molecule has 0 radical (unpaired) electrons. The van der Waals surface area contributed by atoms with Gasteiger partial charge in [-0.05, 0) is 50.5 Å². The van der Waals surface area contributed by atoms with Crippen LogP contribution in [0.1, 0.15) is 36.5 Å². The number of piperidine rings is 1. The van der Waals surface area contributed by atoms with E-state index >= 15 is 0 Å². The second-order valence-corrected chi connectivity index (χ2v) is 5.12. The molecule has 1 aliphatic rings. The molecule has 98 valence electrons. The second kappa shape index (κ2) is 5.06. The van der Waals surface area contributed by atoms with E-state index < -0.39 is 0 Å². The van der Waals surface area contributed by atoms with Crippen molar-refractivity contribution in [3.05, 3.63) is 35.6 Å². The third-order valence-corrected chi connectivity index (χ3v) is 3.77. The second-order valence-electron chi connectivity index (χ2n) is 5.12. The number of carbonyl (C=O) groups is 1.